The molecule has 7 heteroatoms. The van der Waals surface area contributed by atoms with Crippen molar-refractivity contribution in [2.24, 2.45) is 0 Å². The summed E-state index contributed by atoms with van der Waals surface area (Å²) < 4.78 is 24.2. The van der Waals surface area contributed by atoms with Crippen LogP contribution < -0.4 is 0 Å². The molecule has 1 heterocycles. The molecule has 0 spiro atoms. The van der Waals surface area contributed by atoms with E-state index in [0.717, 1.165) is 12.3 Å². The van der Waals surface area contributed by atoms with Crippen molar-refractivity contribution in [2.75, 3.05) is 0 Å². The second-order valence-electron chi connectivity index (χ2n) is 2.02. The molecule has 0 amide bonds. The summed E-state index contributed by atoms with van der Waals surface area (Å²) in [6, 6.07) is 1.07. The largest absolute Gasteiger partial charge is 0.358 e. The molecular weight excluding hydrogens is 172 g/mol. The molecule has 0 saturated heterocycles. The van der Waals surface area contributed by atoms with Crippen molar-refractivity contribution < 1.29 is 13.7 Å². The zero-order valence-electron chi connectivity index (χ0n) is 5.85. The molecule has 66 valence electrons. The molecule has 1 aromatic rings. The third-order valence-corrected chi connectivity index (χ3v) is 1.19. The van der Waals surface area contributed by atoms with Gasteiger partial charge in [-0.25, -0.2) is 8.78 Å². The lowest BCUT2D eigenvalue weighted by molar-refractivity contribution is -0.393. The molecule has 0 aliphatic rings. The molecule has 0 radical (unpaired) electrons. The van der Waals surface area contributed by atoms with Gasteiger partial charge in [0, 0.05) is 0 Å². The zero-order chi connectivity index (χ0) is 9.14. The minimum Gasteiger partial charge on any atom is -0.358 e. The molecule has 12 heavy (non-hydrogen) atoms. The topological polar surface area (TPSA) is 61.0 Å². The Morgan fingerprint density at radius 3 is 2.92 bits per heavy atom. The Labute approximate surface area is 65.8 Å². The van der Waals surface area contributed by atoms with Crippen LogP contribution in [0.2, 0.25) is 0 Å². The quantitative estimate of drug-likeness (QED) is 0.512. The minimum atomic E-state index is -2.64. The number of aromatic nitrogens is 2. The van der Waals surface area contributed by atoms with E-state index >= 15 is 0 Å². The zero-order valence-corrected chi connectivity index (χ0v) is 5.85. The van der Waals surface area contributed by atoms with Gasteiger partial charge in [0.25, 0.3) is 6.43 Å². The van der Waals surface area contributed by atoms with E-state index in [4.69, 9.17) is 0 Å². The van der Waals surface area contributed by atoms with Gasteiger partial charge in [0.05, 0.1) is 12.3 Å². The summed E-state index contributed by atoms with van der Waals surface area (Å²) >= 11 is 0. The number of hydrogen-bond donors (Lipinski definition) is 0. The highest BCUT2D eigenvalue weighted by atomic mass is 19.3. The van der Waals surface area contributed by atoms with Gasteiger partial charge in [-0.3, -0.25) is 0 Å². The predicted octanol–water partition coefficient (Wildman–Crippen LogP) is 1.06. The van der Waals surface area contributed by atoms with Gasteiger partial charge in [-0.15, -0.1) is 4.68 Å². The highest BCUT2D eigenvalue weighted by Crippen LogP contribution is 2.10. The van der Waals surface area contributed by atoms with Crippen molar-refractivity contribution in [3.8, 4) is 0 Å². The Hall–Kier alpha value is -1.53. The van der Waals surface area contributed by atoms with Crippen LogP contribution in [0.25, 0.3) is 0 Å². The summed E-state index contributed by atoms with van der Waals surface area (Å²) in [6.45, 7) is -0.747. The first-order valence-electron chi connectivity index (χ1n) is 3.05. The maximum atomic E-state index is 11.8. The van der Waals surface area contributed by atoms with Gasteiger partial charge in [-0.2, -0.15) is 0 Å². The first-order valence-corrected chi connectivity index (χ1v) is 3.05. The summed E-state index contributed by atoms with van der Waals surface area (Å²) in [5.74, 6) is -0.421. The van der Waals surface area contributed by atoms with Crippen LogP contribution in [0.4, 0.5) is 14.6 Å². The van der Waals surface area contributed by atoms with Crippen LogP contribution in [0, 0.1) is 10.1 Å². The number of hydrogen-bond acceptors (Lipinski definition) is 3. The van der Waals surface area contributed by atoms with Crippen LogP contribution in [-0.2, 0) is 6.54 Å². The Morgan fingerprint density at radius 2 is 2.42 bits per heavy atom. The fourth-order valence-corrected chi connectivity index (χ4v) is 0.752. The second kappa shape index (κ2) is 3.24. The van der Waals surface area contributed by atoms with Crippen LogP contribution in [0.5, 0.6) is 0 Å². The van der Waals surface area contributed by atoms with Gasteiger partial charge < -0.3 is 10.1 Å². The molecule has 0 aliphatic carbocycles. The summed E-state index contributed by atoms with van der Waals surface area (Å²) in [7, 11) is 0. The summed E-state index contributed by atoms with van der Waals surface area (Å²) in [5.41, 5.74) is 0. The standard InChI is InChI=1S/C5H5F2N3O2/c6-4(7)3-9-5(10(11)12)1-2-8-9/h1-2,4H,3H2. The molecule has 5 nitrogen and oxygen atoms in total. The Morgan fingerprint density at radius 1 is 1.75 bits per heavy atom. The number of nitrogens with zero attached hydrogens (tertiary/aromatic N) is 3. The number of rotatable bonds is 3. The average Bonchev–Trinajstić information content (AvgIpc) is 2.33. The van der Waals surface area contributed by atoms with E-state index in [-0.39, 0.29) is 0 Å². The molecule has 0 saturated carbocycles. The van der Waals surface area contributed by atoms with E-state index in [9.17, 15) is 18.9 Å². The van der Waals surface area contributed by atoms with E-state index in [1.165, 1.54) is 0 Å². The SMILES string of the molecule is O=[N+]([O-])c1ccnn1CC(F)F. The lowest BCUT2D eigenvalue weighted by atomic mass is 10.6. The van der Waals surface area contributed by atoms with Crippen molar-refractivity contribution in [3.63, 3.8) is 0 Å². The first kappa shape index (κ1) is 8.57. The van der Waals surface area contributed by atoms with Gasteiger partial charge in [-0.1, -0.05) is 5.10 Å². The van der Waals surface area contributed by atoms with Crippen molar-refractivity contribution >= 4 is 5.82 Å². The van der Waals surface area contributed by atoms with Crippen molar-refractivity contribution in [1.29, 1.82) is 0 Å². The van der Waals surface area contributed by atoms with Crippen molar-refractivity contribution in [2.45, 2.75) is 13.0 Å². The van der Waals surface area contributed by atoms with E-state index in [0.29, 0.717) is 4.68 Å². The van der Waals surface area contributed by atoms with Gasteiger partial charge in [0.2, 0.25) is 0 Å². The average molecular weight is 177 g/mol. The van der Waals surface area contributed by atoms with Gasteiger partial charge in [-0.05, 0) is 4.92 Å². The molecule has 0 atom stereocenters. The van der Waals surface area contributed by atoms with Crippen LogP contribution in [-0.4, -0.2) is 21.1 Å². The van der Waals surface area contributed by atoms with Gasteiger partial charge >= 0.3 is 5.82 Å². The van der Waals surface area contributed by atoms with Crippen molar-refractivity contribution in [3.05, 3.63) is 22.4 Å². The monoisotopic (exact) mass is 177 g/mol. The highest BCUT2D eigenvalue weighted by molar-refractivity contribution is 5.16. The lowest BCUT2D eigenvalue weighted by Crippen LogP contribution is -2.10. The van der Waals surface area contributed by atoms with Crippen LogP contribution in [0.15, 0.2) is 12.3 Å². The summed E-state index contributed by atoms with van der Waals surface area (Å²) in [6.07, 6.45) is -1.52. The fraction of sp³-hybridized carbons (Fsp3) is 0.400. The number of alkyl halides is 2. The highest BCUT2D eigenvalue weighted by Gasteiger charge is 2.17. The van der Waals surface area contributed by atoms with E-state index in [1.807, 2.05) is 0 Å². The molecule has 0 fully saturated rings. The van der Waals surface area contributed by atoms with Crippen molar-refractivity contribution in [1.82, 2.24) is 9.78 Å². The smallest absolute Gasteiger partial charge is 0.345 e. The second-order valence-corrected chi connectivity index (χ2v) is 2.02. The third-order valence-electron chi connectivity index (χ3n) is 1.19. The molecular formula is C5H5F2N3O2. The number of nitro groups is 1. The summed E-state index contributed by atoms with van der Waals surface area (Å²) in [5, 5.41) is 13.5. The molecule has 1 rings (SSSR count). The molecule has 0 N–H and O–H groups in total. The molecule has 0 aliphatic heterocycles. The van der Waals surface area contributed by atoms with Crippen LogP contribution >= 0.6 is 0 Å². The van der Waals surface area contributed by atoms with E-state index < -0.39 is 23.7 Å². The maximum Gasteiger partial charge on any atom is 0.345 e. The van der Waals surface area contributed by atoms with Crippen LogP contribution in [0.3, 0.4) is 0 Å². The molecule has 0 unspecified atom stereocenters. The van der Waals surface area contributed by atoms with E-state index in [1.54, 1.807) is 0 Å². The predicted molar refractivity (Wildman–Crippen MR) is 34.9 cm³/mol. The number of halogens is 2. The normalized spacial score (nSPS) is 10.6. The fourth-order valence-electron chi connectivity index (χ4n) is 0.752. The lowest BCUT2D eigenvalue weighted by Gasteiger charge is -1.97. The molecule has 1 aromatic heterocycles. The van der Waals surface area contributed by atoms with Crippen LogP contribution in [0.1, 0.15) is 0 Å². The maximum absolute atomic E-state index is 11.8. The molecule has 0 aromatic carbocycles. The van der Waals surface area contributed by atoms with Gasteiger partial charge in [0.1, 0.15) is 0 Å². The third kappa shape index (κ3) is 1.74. The minimum absolute atomic E-state index is 0.421. The Balaban J connectivity index is 2.84. The first-order chi connectivity index (χ1) is 5.61. The summed E-state index contributed by atoms with van der Waals surface area (Å²) in [4.78, 5) is 9.41. The Kier molecular flexibility index (Phi) is 2.32. The van der Waals surface area contributed by atoms with E-state index in [2.05, 4.69) is 5.10 Å². The van der Waals surface area contributed by atoms with Gasteiger partial charge in [0.15, 0.2) is 6.54 Å². The molecule has 0 bridgehead atoms. The Bertz CT molecular complexity index is 286.